The molecule has 0 aliphatic carbocycles. The Bertz CT molecular complexity index is 616. The zero-order valence-electron chi connectivity index (χ0n) is 13.8. The van der Waals surface area contributed by atoms with E-state index < -0.39 is 0 Å². The van der Waals surface area contributed by atoms with Gasteiger partial charge in [0.05, 0.1) is 0 Å². The fourth-order valence-electron chi connectivity index (χ4n) is 2.58. The van der Waals surface area contributed by atoms with Gasteiger partial charge in [0.15, 0.2) is 0 Å². The molecule has 0 radical (unpaired) electrons. The molecule has 0 saturated heterocycles. The summed E-state index contributed by atoms with van der Waals surface area (Å²) in [6.45, 7) is 9.10. The van der Waals surface area contributed by atoms with E-state index >= 15 is 0 Å². The van der Waals surface area contributed by atoms with E-state index in [1.165, 1.54) is 11.1 Å². The molecule has 116 valence electrons. The van der Waals surface area contributed by atoms with Gasteiger partial charge < -0.3 is 4.74 Å². The van der Waals surface area contributed by atoms with Gasteiger partial charge in [0.1, 0.15) is 18.6 Å². The number of carbonyl (C=O) groups excluding carboxylic acids is 1. The minimum atomic E-state index is 0.398. The van der Waals surface area contributed by atoms with Crippen LogP contribution in [0, 0.1) is 0 Å². The van der Waals surface area contributed by atoms with Crippen molar-refractivity contribution in [1.29, 1.82) is 0 Å². The smallest absolute Gasteiger partial charge is 0.150 e. The molecule has 22 heavy (non-hydrogen) atoms. The lowest BCUT2D eigenvalue weighted by atomic mass is 9.94. The van der Waals surface area contributed by atoms with E-state index in [0.717, 1.165) is 17.6 Å². The summed E-state index contributed by atoms with van der Waals surface area (Å²) >= 11 is 0. The standard InChI is InChI=1S/C20H24O2/c1-14(2)18-10-7-11-19(15(3)4)20(18)22-13-17-9-6-5-8-16(17)12-21/h5-12,14-15H,13H2,1-4H3. The number of para-hydroxylation sites is 1. The van der Waals surface area contributed by atoms with Gasteiger partial charge in [-0.05, 0) is 28.5 Å². The molecule has 0 spiro atoms. The molecule has 0 heterocycles. The number of hydrogen-bond acceptors (Lipinski definition) is 2. The summed E-state index contributed by atoms with van der Waals surface area (Å²) in [6.07, 6.45) is 0.885. The summed E-state index contributed by atoms with van der Waals surface area (Å²) in [5, 5.41) is 0. The molecule has 0 aromatic heterocycles. The Morgan fingerprint density at radius 2 is 1.50 bits per heavy atom. The summed E-state index contributed by atoms with van der Waals surface area (Å²) in [5.74, 6) is 1.76. The van der Waals surface area contributed by atoms with E-state index in [1.54, 1.807) is 0 Å². The van der Waals surface area contributed by atoms with Crippen LogP contribution in [0.3, 0.4) is 0 Å². The Hall–Kier alpha value is -2.09. The van der Waals surface area contributed by atoms with Crippen molar-refractivity contribution in [2.45, 2.75) is 46.1 Å². The Morgan fingerprint density at radius 3 is 2.05 bits per heavy atom. The van der Waals surface area contributed by atoms with Crippen LogP contribution in [0.5, 0.6) is 5.75 Å². The molecule has 2 aromatic rings. The topological polar surface area (TPSA) is 26.3 Å². The van der Waals surface area contributed by atoms with Gasteiger partial charge in [-0.25, -0.2) is 0 Å². The highest BCUT2D eigenvalue weighted by Crippen LogP contribution is 2.35. The van der Waals surface area contributed by atoms with Crippen LogP contribution in [0.4, 0.5) is 0 Å². The van der Waals surface area contributed by atoms with Crippen molar-refractivity contribution in [2.24, 2.45) is 0 Å². The van der Waals surface area contributed by atoms with Crippen LogP contribution in [0.2, 0.25) is 0 Å². The van der Waals surface area contributed by atoms with Crippen LogP contribution in [0.1, 0.15) is 66.6 Å². The van der Waals surface area contributed by atoms with E-state index in [-0.39, 0.29) is 0 Å². The van der Waals surface area contributed by atoms with E-state index in [0.29, 0.717) is 24.0 Å². The summed E-state index contributed by atoms with van der Waals surface area (Å²) in [6, 6.07) is 13.9. The molecular weight excluding hydrogens is 272 g/mol. The molecular formula is C20H24O2. The van der Waals surface area contributed by atoms with Crippen LogP contribution >= 0.6 is 0 Å². The Balaban J connectivity index is 2.34. The van der Waals surface area contributed by atoms with Crippen LogP contribution < -0.4 is 4.74 Å². The molecule has 2 rings (SSSR count). The van der Waals surface area contributed by atoms with Crippen molar-refractivity contribution < 1.29 is 9.53 Å². The normalized spacial score (nSPS) is 11.0. The molecule has 0 unspecified atom stereocenters. The second kappa shape index (κ2) is 7.26. The first-order valence-electron chi connectivity index (χ1n) is 7.83. The molecule has 0 aliphatic heterocycles. The largest absolute Gasteiger partial charge is 0.488 e. The van der Waals surface area contributed by atoms with E-state index in [2.05, 4.69) is 45.9 Å². The average molecular weight is 296 g/mol. The van der Waals surface area contributed by atoms with Gasteiger partial charge in [0.2, 0.25) is 0 Å². The molecule has 0 amide bonds. The van der Waals surface area contributed by atoms with Gasteiger partial charge in [0, 0.05) is 5.56 Å². The predicted octanol–water partition coefficient (Wildman–Crippen LogP) is 5.32. The first-order valence-corrected chi connectivity index (χ1v) is 7.83. The predicted molar refractivity (Wildman–Crippen MR) is 90.8 cm³/mol. The maximum absolute atomic E-state index is 11.1. The van der Waals surface area contributed by atoms with Gasteiger partial charge in [-0.15, -0.1) is 0 Å². The highest BCUT2D eigenvalue weighted by atomic mass is 16.5. The van der Waals surface area contributed by atoms with E-state index in [1.807, 2.05) is 24.3 Å². The third-order valence-electron chi connectivity index (χ3n) is 3.87. The molecule has 0 atom stereocenters. The maximum atomic E-state index is 11.1. The number of aldehydes is 1. The number of carbonyl (C=O) groups is 1. The van der Waals surface area contributed by atoms with Gasteiger partial charge >= 0.3 is 0 Å². The monoisotopic (exact) mass is 296 g/mol. The zero-order chi connectivity index (χ0) is 16.1. The van der Waals surface area contributed by atoms with Gasteiger partial charge in [0.25, 0.3) is 0 Å². The SMILES string of the molecule is CC(C)c1cccc(C(C)C)c1OCc1ccccc1C=O. The van der Waals surface area contributed by atoms with Crippen LogP contribution in [-0.2, 0) is 6.61 Å². The third kappa shape index (κ3) is 3.56. The van der Waals surface area contributed by atoms with Crippen molar-refractivity contribution >= 4 is 6.29 Å². The van der Waals surface area contributed by atoms with Crippen molar-refractivity contribution in [2.75, 3.05) is 0 Å². The van der Waals surface area contributed by atoms with Crippen LogP contribution in [-0.4, -0.2) is 6.29 Å². The summed E-state index contributed by atoms with van der Waals surface area (Å²) in [4.78, 5) is 11.1. The third-order valence-corrected chi connectivity index (χ3v) is 3.87. The Labute approximate surface area is 133 Å². The van der Waals surface area contributed by atoms with Crippen molar-refractivity contribution in [1.82, 2.24) is 0 Å². The lowest BCUT2D eigenvalue weighted by molar-refractivity contribution is 0.112. The highest BCUT2D eigenvalue weighted by molar-refractivity contribution is 5.77. The fraction of sp³-hybridized carbons (Fsp3) is 0.350. The van der Waals surface area contributed by atoms with Crippen molar-refractivity contribution in [3.05, 3.63) is 64.7 Å². The van der Waals surface area contributed by atoms with Crippen LogP contribution in [0.25, 0.3) is 0 Å². The van der Waals surface area contributed by atoms with E-state index in [9.17, 15) is 4.79 Å². The van der Waals surface area contributed by atoms with Gasteiger partial charge in [-0.3, -0.25) is 4.79 Å². The molecule has 0 fully saturated rings. The Morgan fingerprint density at radius 1 is 0.909 bits per heavy atom. The lowest BCUT2D eigenvalue weighted by Crippen LogP contribution is -2.05. The minimum absolute atomic E-state index is 0.398. The van der Waals surface area contributed by atoms with Crippen LogP contribution in [0.15, 0.2) is 42.5 Å². The molecule has 0 aliphatic rings. The number of rotatable bonds is 6. The molecule has 2 aromatic carbocycles. The van der Waals surface area contributed by atoms with E-state index in [4.69, 9.17) is 4.74 Å². The Kier molecular flexibility index (Phi) is 5.37. The molecule has 0 saturated carbocycles. The number of hydrogen-bond donors (Lipinski definition) is 0. The van der Waals surface area contributed by atoms with Gasteiger partial charge in [-0.1, -0.05) is 70.2 Å². The number of ether oxygens (including phenoxy) is 1. The zero-order valence-corrected chi connectivity index (χ0v) is 13.8. The summed E-state index contributed by atoms with van der Waals surface area (Å²) in [5.41, 5.74) is 4.05. The molecule has 0 N–H and O–H groups in total. The molecule has 0 bridgehead atoms. The molecule has 2 heteroatoms. The average Bonchev–Trinajstić information content (AvgIpc) is 2.52. The van der Waals surface area contributed by atoms with Crippen molar-refractivity contribution in [3.63, 3.8) is 0 Å². The quantitative estimate of drug-likeness (QED) is 0.674. The second-order valence-corrected chi connectivity index (χ2v) is 6.18. The van der Waals surface area contributed by atoms with Gasteiger partial charge in [-0.2, -0.15) is 0 Å². The lowest BCUT2D eigenvalue weighted by Gasteiger charge is -2.20. The summed E-state index contributed by atoms with van der Waals surface area (Å²) in [7, 11) is 0. The van der Waals surface area contributed by atoms with Crippen molar-refractivity contribution in [3.8, 4) is 5.75 Å². The highest BCUT2D eigenvalue weighted by Gasteiger charge is 2.15. The minimum Gasteiger partial charge on any atom is -0.488 e. The second-order valence-electron chi connectivity index (χ2n) is 6.18. The summed E-state index contributed by atoms with van der Waals surface area (Å²) < 4.78 is 6.16. The maximum Gasteiger partial charge on any atom is 0.150 e. The molecule has 2 nitrogen and oxygen atoms in total. The fourth-order valence-corrected chi connectivity index (χ4v) is 2.58. The first kappa shape index (κ1) is 16.3. The first-order chi connectivity index (χ1) is 10.5. The number of benzene rings is 2.